The Bertz CT molecular complexity index is 635. The standard InChI is InChI=1S/C16H24N4S2/c1-11-6-7-12(22-11)8-18-15(17-5)19-9-14-20-13(10-21-14)16(2,3)4/h6-7,10H,8-9H2,1-5H3,(H2,17,18,19). The highest BCUT2D eigenvalue weighted by Crippen LogP contribution is 2.23. The third-order valence-electron chi connectivity index (χ3n) is 3.18. The van der Waals surface area contributed by atoms with Gasteiger partial charge < -0.3 is 10.6 Å². The first kappa shape index (κ1) is 17.0. The molecule has 0 saturated carbocycles. The van der Waals surface area contributed by atoms with Crippen molar-refractivity contribution in [1.29, 1.82) is 0 Å². The van der Waals surface area contributed by atoms with E-state index < -0.39 is 0 Å². The van der Waals surface area contributed by atoms with E-state index in [2.05, 4.69) is 65.8 Å². The fourth-order valence-electron chi connectivity index (χ4n) is 1.87. The Kier molecular flexibility index (Phi) is 5.58. The normalized spacial score (nSPS) is 12.5. The molecule has 2 N–H and O–H groups in total. The Morgan fingerprint density at radius 3 is 2.50 bits per heavy atom. The molecule has 2 rings (SSSR count). The molecule has 0 aliphatic heterocycles. The summed E-state index contributed by atoms with van der Waals surface area (Å²) in [5, 5.41) is 9.88. The average Bonchev–Trinajstić information content (AvgIpc) is 3.07. The van der Waals surface area contributed by atoms with Crippen molar-refractivity contribution in [3.63, 3.8) is 0 Å². The van der Waals surface area contributed by atoms with Crippen molar-refractivity contribution >= 4 is 28.6 Å². The van der Waals surface area contributed by atoms with Gasteiger partial charge in [-0.25, -0.2) is 4.98 Å². The summed E-state index contributed by atoms with van der Waals surface area (Å²) < 4.78 is 0. The summed E-state index contributed by atoms with van der Waals surface area (Å²) in [6, 6.07) is 4.29. The van der Waals surface area contributed by atoms with Gasteiger partial charge in [-0.3, -0.25) is 4.99 Å². The largest absolute Gasteiger partial charge is 0.352 e. The Balaban J connectivity index is 1.85. The van der Waals surface area contributed by atoms with Gasteiger partial charge in [0.25, 0.3) is 0 Å². The van der Waals surface area contributed by atoms with Crippen LogP contribution >= 0.6 is 22.7 Å². The molecule has 2 aromatic rings. The van der Waals surface area contributed by atoms with Crippen molar-refractivity contribution in [3.05, 3.63) is 38.0 Å². The number of thiazole rings is 1. The Labute approximate surface area is 140 Å². The number of aliphatic imine (C=N–C) groups is 1. The monoisotopic (exact) mass is 336 g/mol. The van der Waals surface area contributed by atoms with E-state index in [1.54, 1.807) is 29.7 Å². The first-order valence-corrected chi connectivity index (χ1v) is 9.03. The molecule has 0 aromatic carbocycles. The number of rotatable bonds is 4. The minimum atomic E-state index is 0.103. The molecule has 0 saturated heterocycles. The maximum Gasteiger partial charge on any atom is 0.191 e. The Morgan fingerprint density at radius 2 is 1.95 bits per heavy atom. The summed E-state index contributed by atoms with van der Waals surface area (Å²) >= 11 is 3.50. The van der Waals surface area contributed by atoms with E-state index in [-0.39, 0.29) is 5.41 Å². The van der Waals surface area contributed by atoms with Gasteiger partial charge in [-0.1, -0.05) is 20.8 Å². The van der Waals surface area contributed by atoms with Crippen LogP contribution in [0.15, 0.2) is 22.5 Å². The van der Waals surface area contributed by atoms with Crippen LogP contribution in [0.5, 0.6) is 0 Å². The van der Waals surface area contributed by atoms with Gasteiger partial charge in [-0.05, 0) is 19.1 Å². The molecule has 0 radical (unpaired) electrons. The van der Waals surface area contributed by atoms with E-state index in [9.17, 15) is 0 Å². The number of hydrogen-bond acceptors (Lipinski definition) is 4. The van der Waals surface area contributed by atoms with Gasteiger partial charge in [0.05, 0.1) is 18.8 Å². The third kappa shape index (κ3) is 4.81. The third-order valence-corrected chi connectivity index (χ3v) is 5.03. The van der Waals surface area contributed by atoms with Gasteiger partial charge in [0.2, 0.25) is 0 Å². The molecular formula is C16H24N4S2. The quantitative estimate of drug-likeness (QED) is 0.661. The van der Waals surface area contributed by atoms with Crippen LogP contribution in [0.2, 0.25) is 0 Å². The van der Waals surface area contributed by atoms with E-state index in [1.807, 2.05) is 0 Å². The number of nitrogens with one attached hydrogen (secondary N) is 2. The number of guanidine groups is 1. The van der Waals surface area contributed by atoms with E-state index in [0.717, 1.165) is 23.2 Å². The zero-order chi connectivity index (χ0) is 16.2. The molecule has 0 atom stereocenters. The molecule has 4 nitrogen and oxygen atoms in total. The molecule has 0 amide bonds. The Hall–Kier alpha value is -1.40. The summed E-state index contributed by atoms with van der Waals surface area (Å²) in [6.45, 7) is 10.2. The molecule has 22 heavy (non-hydrogen) atoms. The minimum Gasteiger partial charge on any atom is -0.352 e. The van der Waals surface area contributed by atoms with Crippen LogP contribution in [0.1, 0.15) is 41.2 Å². The molecule has 2 aromatic heterocycles. The maximum atomic E-state index is 4.68. The minimum absolute atomic E-state index is 0.103. The van der Waals surface area contributed by atoms with Gasteiger partial charge in [-0.15, -0.1) is 22.7 Å². The van der Waals surface area contributed by atoms with Gasteiger partial charge >= 0.3 is 0 Å². The highest BCUT2D eigenvalue weighted by atomic mass is 32.1. The van der Waals surface area contributed by atoms with Gasteiger partial charge in [-0.2, -0.15) is 0 Å². The van der Waals surface area contributed by atoms with Crippen LogP contribution in [-0.4, -0.2) is 18.0 Å². The second kappa shape index (κ2) is 7.24. The van der Waals surface area contributed by atoms with E-state index >= 15 is 0 Å². The molecular weight excluding hydrogens is 312 g/mol. The van der Waals surface area contributed by atoms with Crippen LogP contribution < -0.4 is 10.6 Å². The number of thiophene rings is 1. The molecule has 6 heteroatoms. The van der Waals surface area contributed by atoms with Crippen molar-refractivity contribution < 1.29 is 0 Å². The first-order valence-electron chi connectivity index (χ1n) is 7.33. The lowest BCUT2D eigenvalue weighted by atomic mass is 9.93. The van der Waals surface area contributed by atoms with Gasteiger partial charge in [0.1, 0.15) is 5.01 Å². The summed E-state index contributed by atoms with van der Waals surface area (Å²) in [5.41, 5.74) is 1.25. The smallest absolute Gasteiger partial charge is 0.191 e. The molecule has 0 spiro atoms. The number of aromatic nitrogens is 1. The number of nitrogens with zero attached hydrogens (tertiary/aromatic N) is 2. The molecule has 120 valence electrons. The van der Waals surface area contributed by atoms with Crippen LogP contribution in [0.25, 0.3) is 0 Å². The first-order chi connectivity index (χ1) is 10.4. The predicted molar refractivity (Wildman–Crippen MR) is 96.9 cm³/mol. The highest BCUT2D eigenvalue weighted by Gasteiger charge is 2.17. The second-order valence-electron chi connectivity index (χ2n) is 6.17. The van der Waals surface area contributed by atoms with Crippen molar-refractivity contribution in [1.82, 2.24) is 15.6 Å². The van der Waals surface area contributed by atoms with Crippen LogP contribution in [0.3, 0.4) is 0 Å². The lowest BCUT2D eigenvalue weighted by Crippen LogP contribution is -2.36. The number of aryl methyl sites for hydroxylation is 1. The van der Waals surface area contributed by atoms with Crippen LogP contribution in [-0.2, 0) is 18.5 Å². The molecule has 0 aliphatic carbocycles. The van der Waals surface area contributed by atoms with Crippen LogP contribution in [0, 0.1) is 6.92 Å². The fourth-order valence-corrected chi connectivity index (χ4v) is 3.66. The van der Waals surface area contributed by atoms with Crippen molar-refractivity contribution in [2.24, 2.45) is 4.99 Å². The van der Waals surface area contributed by atoms with E-state index in [1.165, 1.54) is 9.75 Å². The highest BCUT2D eigenvalue weighted by molar-refractivity contribution is 7.11. The predicted octanol–water partition coefficient (Wildman–Crippen LogP) is 3.68. The molecule has 0 unspecified atom stereocenters. The summed E-state index contributed by atoms with van der Waals surface area (Å²) in [7, 11) is 1.79. The van der Waals surface area contributed by atoms with Gasteiger partial charge in [0, 0.05) is 27.6 Å². The maximum absolute atomic E-state index is 4.68. The SMILES string of the molecule is CN=C(NCc1ccc(C)s1)NCc1nc(C(C)(C)C)cs1. The fraction of sp³-hybridized carbons (Fsp3) is 0.500. The topological polar surface area (TPSA) is 49.3 Å². The van der Waals surface area contributed by atoms with Crippen LogP contribution in [0.4, 0.5) is 0 Å². The molecule has 0 aliphatic rings. The number of hydrogen-bond donors (Lipinski definition) is 2. The summed E-state index contributed by atoms with van der Waals surface area (Å²) in [5.74, 6) is 0.804. The lowest BCUT2D eigenvalue weighted by molar-refractivity contribution is 0.570. The van der Waals surface area contributed by atoms with Crippen molar-refractivity contribution in [3.8, 4) is 0 Å². The van der Waals surface area contributed by atoms with Gasteiger partial charge in [0.15, 0.2) is 5.96 Å². The summed E-state index contributed by atoms with van der Waals surface area (Å²) in [4.78, 5) is 11.6. The van der Waals surface area contributed by atoms with E-state index in [0.29, 0.717) is 6.54 Å². The Morgan fingerprint density at radius 1 is 1.23 bits per heavy atom. The molecule has 0 bridgehead atoms. The van der Waals surface area contributed by atoms with Crippen molar-refractivity contribution in [2.45, 2.75) is 46.2 Å². The summed E-state index contributed by atoms with van der Waals surface area (Å²) in [6.07, 6.45) is 0. The van der Waals surface area contributed by atoms with Crippen molar-refractivity contribution in [2.75, 3.05) is 7.05 Å². The zero-order valence-electron chi connectivity index (χ0n) is 13.9. The molecule has 2 heterocycles. The second-order valence-corrected chi connectivity index (χ2v) is 8.48. The van der Waals surface area contributed by atoms with E-state index in [4.69, 9.17) is 0 Å². The zero-order valence-corrected chi connectivity index (χ0v) is 15.5. The molecule has 0 fully saturated rings. The lowest BCUT2D eigenvalue weighted by Gasteiger charge is -2.14. The average molecular weight is 337 g/mol.